The van der Waals surface area contributed by atoms with E-state index in [0.717, 1.165) is 11.1 Å². The van der Waals surface area contributed by atoms with E-state index in [4.69, 9.17) is 0 Å². The molecule has 0 aliphatic carbocycles. The van der Waals surface area contributed by atoms with Crippen molar-refractivity contribution in [2.24, 2.45) is 0 Å². The molecule has 1 aromatic carbocycles. The van der Waals surface area contributed by atoms with Crippen molar-refractivity contribution in [3.8, 4) is 22.5 Å². The zero-order valence-electron chi connectivity index (χ0n) is 12.7. The Morgan fingerprint density at radius 3 is 2.52 bits per heavy atom. The Balaban J connectivity index is 2.12. The zero-order chi connectivity index (χ0) is 16.1. The fraction of sp³-hybridized carbons (Fsp3) is 0.111. The van der Waals surface area contributed by atoms with Crippen molar-refractivity contribution in [3.63, 3.8) is 0 Å². The van der Waals surface area contributed by atoms with Gasteiger partial charge in [0.2, 0.25) is 0 Å². The van der Waals surface area contributed by atoms with Gasteiger partial charge in [-0.1, -0.05) is 30.3 Å². The van der Waals surface area contributed by atoms with Gasteiger partial charge in [-0.05, 0) is 19.1 Å². The molecule has 0 radical (unpaired) electrons. The summed E-state index contributed by atoms with van der Waals surface area (Å²) >= 11 is 0. The third-order valence-electron chi connectivity index (χ3n) is 3.33. The molecule has 0 bridgehead atoms. The van der Waals surface area contributed by atoms with Crippen LogP contribution in [0.4, 0.5) is 0 Å². The molecule has 1 amide bonds. The second-order valence-corrected chi connectivity index (χ2v) is 4.92. The van der Waals surface area contributed by atoms with Crippen LogP contribution in [0, 0.1) is 0 Å². The topological polar surface area (TPSA) is 67.8 Å². The molecular weight excluding hydrogens is 288 g/mol. The van der Waals surface area contributed by atoms with Gasteiger partial charge >= 0.3 is 0 Å². The first-order chi connectivity index (χ1) is 11.3. The van der Waals surface area contributed by atoms with Gasteiger partial charge in [0.25, 0.3) is 5.91 Å². The van der Waals surface area contributed by atoms with E-state index in [-0.39, 0.29) is 5.91 Å². The number of pyridine rings is 1. The van der Waals surface area contributed by atoms with Gasteiger partial charge < -0.3 is 5.32 Å². The molecular formula is C18H16N4O. The molecule has 0 saturated carbocycles. The van der Waals surface area contributed by atoms with E-state index in [9.17, 15) is 4.79 Å². The summed E-state index contributed by atoms with van der Waals surface area (Å²) in [6.45, 7) is 2.41. The lowest BCUT2D eigenvalue weighted by Gasteiger charge is -2.10. The van der Waals surface area contributed by atoms with E-state index in [1.165, 1.54) is 0 Å². The van der Waals surface area contributed by atoms with Crippen LogP contribution >= 0.6 is 0 Å². The fourth-order valence-electron chi connectivity index (χ4n) is 2.25. The summed E-state index contributed by atoms with van der Waals surface area (Å²) in [5.74, 6) is -0.232. The molecule has 0 aliphatic rings. The van der Waals surface area contributed by atoms with E-state index in [2.05, 4.69) is 20.3 Å². The lowest BCUT2D eigenvalue weighted by molar-refractivity contribution is 0.0951. The van der Waals surface area contributed by atoms with Crippen molar-refractivity contribution in [1.29, 1.82) is 0 Å². The number of benzene rings is 1. The number of nitrogens with one attached hydrogen (secondary N) is 1. The Hall–Kier alpha value is -3.08. The van der Waals surface area contributed by atoms with E-state index in [0.29, 0.717) is 23.6 Å². The van der Waals surface area contributed by atoms with Crippen LogP contribution in [-0.4, -0.2) is 27.4 Å². The number of carbonyl (C=O) groups is 1. The number of rotatable bonds is 4. The Bertz CT molecular complexity index is 804. The smallest absolute Gasteiger partial charge is 0.272 e. The lowest BCUT2D eigenvalue weighted by atomic mass is 10.1. The van der Waals surface area contributed by atoms with Gasteiger partial charge in [-0.2, -0.15) is 0 Å². The van der Waals surface area contributed by atoms with E-state index >= 15 is 0 Å². The van der Waals surface area contributed by atoms with Crippen LogP contribution in [0.25, 0.3) is 22.5 Å². The Kier molecular flexibility index (Phi) is 4.38. The first-order valence-corrected chi connectivity index (χ1v) is 7.40. The van der Waals surface area contributed by atoms with Gasteiger partial charge in [0, 0.05) is 30.1 Å². The highest BCUT2D eigenvalue weighted by Gasteiger charge is 2.17. The summed E-state index contributed by atoms with van der Waals surface area (Å²) in [6.07, 6.45) is 5.07. The normalized spacial score (nSPS) is 10.3. The lowest BCUT2D eigenvalue weighted by Crippen LogP contribution is -2.25. The second-order valence-electron chi connectivity index (χ2n) is 4.92. The quantitative estimate of drug-likeness (QED) is 0.804. The number of aromatic nitrogens is 3. The molecule has 5 nitrogen and oxygen atoms in total. The standard InChI is InChI=1S/C18H16N4O/c1-2-20-18(23)17-16(13-7-4-3-5-8-13)21-12-15(22-17)14-9-6-10-19-11-14/h3-12H,2H2,1H3,(H,20,23). The van der Waals surface area contributed by atoms with E-state index in [1.807, 2.05) is 49.4 Å². The van der Waals surface area contributed by atoms with Crippen LogP contribution in [0.15, 0.2) is 61.1 Å². The monoisotopic (exact) mass is 304 g/mol. The maximum absolute atomic E-state index is 12.4. The molecule has 5 heteroatoms. The first kappa shape index (κ1) is 14.8. The molecule has 2 aromatic heterocycles. The van der Waals surface area contributed by atoms with E-state index in [1.54, 1.807) is 18.6 Å². The Labute approximate surface area is 134 Å². The highest BCUT2D eigenvalue weighted by molar-refractivity contribution is 5.98. The molecule has 1 N–H and O–H groups in total. The van der Waals surface area contributed by atoms with E-state index < -0.39 is 0 Å². The summed E-state index contributed by atoms with van der Waals surface area (Å²) in [6, 6.07) is 13.3. The van der Waals surface area contributed by atoms with Gasteiger partial charge in [0.1, 0.15) is 5.69 Å². The van der Waals surface area contributed by atoms with Gasteiger partial charge in [-0.25, -0.2) is 4.98 Å². The second kappa shape index (κ2) is 6.79. The minimum Gasteiger partial charge on any atom is -0.351 e. The van der Waals surface area contributed by atoms with Gasteiger partial charge in [0.05, 0.1) is 11.9 Å². The van der Waals surface area contributed by atoms with Crippen molar-refractivity contribution in [2.75, 3.05) is 6.54 Å². The molecule has 3 rings (SSSR count). The average molecular weight is 304 g/mol. The minimum absolute atomic E-state index is 0.232. The summed E-state index contributed by atoms with van der Waals surface area (Å²) in [7, 11) is 0. The van der Waals surface area contributed by atoms with Crippen LogP contribution in [0.2, 0.25) is 0 Å². The molecule has 114 valence electrons. The predicted octanol–water partition coefficient (Wildman–Crippen LogP) is 2.96. The predicted molar refractivity (Wildman–Crippen MR) is 88.7 cm³/mol. The molecule has 0 saturated heterocycles. The molecule has 0 aliphatic heterocycles. The Morgan fingerprint density at radius 2 is 1.83 bits per heavy atom. The summed E-state index contributed by atoms with van der Waals surface area (Å²) in [4.78, 5) is 25.5. The zero-order valence-corrected chi connectivity index (χ0v) is 12.7. The van der Waals surface area contributed by atoms with Crippen molar-refractivity contribution in [3.05, 3.63) is 66.7 Å². The molecule has 2 heterocycles. The number of hydrogen-bond acceptors (Lipinski definition) is 4. The number of amides is 1. The Morgan fingerprint density at radius 1 is 1.04 bits per heavy atom. The third kappa shape index (κ3) is 3.23. The highest BCUT2D eigenvalue weighted by atomic mass is 16.1. The SMILES string of the molecule is CCNC(=O)c1nc(-c2cccnc2)cnc1-c1ccccc1. The van der Waals surface area contributed by atoms with Crippen molar-refractivity contribution < 1.29 is 4.79 Å². The molecule has 23 heavy (non-hydrogen) atoms. The minimum atomic E-state index is -0.232. The van der Waals surface area contributed by atoms with Gasteiger partial charge in [0.15, 0.2) is 5.69 Å². The first-order valence-electron chi connectivity index (χ1n) is 7.40. The molecule has 0 spiro atoms. The van der Waals surface area contributed by atoms with Gasteiger partial charge in [-0.15, -0.1) is 0 Å². The summed E-state index contributed by atoms with van der Waals surface area (Å²) in [5.41, 5.74) is 3.20. The summed E-state index contributed by atoms with van der Waals surface area (Å²) < 4.78 is 0. The molecule has 3 aromatic rings. The molecule has 0 atom stereocenters. The average Bonchev–Trinajstić information content (AvgIpc) is 2.63. The van der Waals surface area contributed by atoms with Crippen LogP contribution in [0.3, 0.4) is 0 Å². The van der Waals surface area contributed by atoms with Gasteiger partial charge in [-0.3, -0.25) is 14.8 Å². The highest BCUT2D eigenvalue weighted by Crippen LogP contribution is 2.23. The number of hydrogen-bond donors (Lipinski definition) is 1. The maximum atomic E-state index is 12.4. The van der Waals surface area contributed by atoms with Crippen LogP contribution in [-0.2, 0) is 0 Å². The van der Waals surface area contributed by atoms with Crippen LogP contribution < -0.4 is 5.32 Å². The third-order valence-corrected chi connectivity index (χ3v) is 3.33. The number of carbonyl (C=O) groups excluding carboxylic acids is 1. The molecule has 0 unspecified atom stereocenters. The van der Waals surface area contributed by atoms with Crippen LogP contribution in [0.5, 0.6) is 0 Å². The van der Waals surface area contributed by atoms with Crippen molar-refractivity contribution in [2.45, 2.75) is 6.92 Å². The fourth-order valence-corrected chi connectivity index (χ4v) is 2.25. The molecule has 0 fully saturated rings. The largest absolute Gasteiger partial charge is 0.351 e. The maximum Gasteiger partial charge on any atom is 0.272 e. The van der Waals surface area contributed by atoms with Crippen LogP contribution in [0.1, 0.15) is 17.4 Å². The van der Waals surface area contributed by atoms with Crippen molar-refractivity contribution in [1.82, 2.24) is 20.3 Å². The summed E-state index contributed by atoms with van der Waals surface area (Å²) in [5, 5.41) is 2.79. The number of nitrogens with zero attached hydrogens (tertiary/aromatic N) is 3. The van der Waals surface area contributed by atoms with Crippen molar-refractivity contribution >= 4 is 5.91 Å².